The number of aromatic nitrogens is 3. The van der Waals surface area contributed by atoms with Crippen molar-refractivity contribution in [3.8, 4) is 0 Å². The molecule has 2 atom stereocenters. The lowest BCUT2D eigenvalue weighted by Gasteiger charge is -2.35. The van der Waals surface area contributed by atoms with Gasteiger partial charge in [0.1, 0.15) is 0 Å². The zero-order valence-corrected chi connectivity index (χ0v) is 18.9. The van der Waals surface area contributed by atoms with Crippen LogP contribution in [0.3, 0.4) is 0 Å². The lowest BCUT2D eigenvalue weighted by molar-refractivity contribution is 0.0683. The number of rotatable bonds is 4. The maximum Gasteiger partial charge on any atom is 0.254 e. The number of halogens is 2. The van der Waals surface area contributed by atoms with Gasteiger partial charge < -0.3 is 10.2 Å². The molecule has 29 heavy (non-hydrogen) atoms. The largest absolute Gasteiger partial charge is 0.339 e. The van der Waals surface area contributed by atoms with Gasteiger partial charge in [0.2, 0.25) is 0 Å². The molecule has 2 aromatic rings. The molecule has 2 bridgehead atoms. The van der Waals surface area contributed by atoms with Gasteiger partial charge in [-0.1, -0.05) is 0 Å². The summed E-state index contributed by atoms with van der Waals surface area (Å²) in [5, 5.41) is 9.10. The number of amides is 1. The number of nitrogens with zero attached hydrogens (tertiary/aromatic N) is 4. The zero-order valence-electron chi connectivity index (χ0n) is 17.3. The molecule has 5 rings (SSSR count). The molecule has 6 nitrogen and oxygen atoms in total. The van der Waals surface area contributed by atoms with Crippen LogP contribution in [0.25, 0.3) is 11.0 Å². The summed E-state index contributed by atoms with van der Waals surface area (Å²) in [7, 11) is 1.98. The van der Waals surface area contributed by atoms with Gasteiger partial charge in [-0.15, -0.1) is 24.8 Å². The number of hydrogen-bond acceptors (Lipinski definition) is 4. The second-order valence-corrected chi connectivity index (χ2v) is 8.97. The minimum Gasteiger partial charge on any atom is -0.339 e. The van der Waals surface area contributed by atoms with Crippen molar-refractivity contribution in [2.45, 2.75) is 82.5 Å². The molecule has 4 heterocycles. The molecule has 2 saturated heterocycles. The van der Waals surface area contributed by atoms with Crippen LogP contribution in [0.1, 0.15) is 80.4 Å². The molecule has 1 saturated carbocycles. The monoisotopic (exact) mass is 439 g/mol. The van der Waals surface area contributed by atoms with Crippen molar-refractivity contribution in [1.29, 1.82) is 0 Å². The van der Waals surface area contributed by atoms with Crippen molar-refractivity contribution in [2.75, 3.05) is 7.05 Å². The fraction of sp³-hybridized carbons (Fsp3) is 0.667. The molecule has 2 aliphatic heterocycles. The molecule has 0 radical (unpaired) electrons. The predicted octanol–water partition coefficient (Wildman–Crippen LogP) is 4.09. The van der Waals surface area contributed by atoms with Crippen LogP contribution in [0.2, 0.25) is 0 Å². The van der Waals surface area contributed by atoms with E-state index >= 15 is 0 Å². The van der Waals surface area contributed by atoms with Gasteiger partial charge in [-0.25, -0.2) is 9.67 Å². The highest BCUT2D eigenvalue weighted by molar-refractivity contribution is 6.05. The molecule has 160 valence electrons. The highest BCUT2D eigenvalue weighted by Crippen LogP contribution is 2.40. The Kier molecular flexibility index (Phi) is 6.47. The number of nitrogens with one attached hydrogen (secondary N) is 1. The van der Waals surface area contributed by atoms with E-state index < -0.39 is 0 Å². The smallest absolute Gasteiger partial charge is 0.254 e. The van der Waals surface area contributed by atoms with E-state index in [1.54, 1.807) is 0 Å². The van der Waals surface area contributed by atoms with Crippen molar-refractivity contribution in [3.05, 3.63) is 23.5 Å². The van der Waals surface area contributed by atoms with E-state index in [0.29, 0.717) is 24.0 Å². The fourth-order valence-corrected chi connectivity index (χ4v) is 4.88. The first-order valence-corrected chi connectivity index (χ1v) is 10.4. The maximum atomic E-state index is 13.5. The number of hydrogen-bond donors (Lipinski definition) is 1. The van der Waals surface area contributed by atoms with Crippen molar-refractivity contribution >= 4 is 41.8 Å². The van der Waals surface area contributed by atoms with Gasteiger partial charge in [0.25, 0.3) is 5.91 Å². The molecule has 1 N–H and O–H groups in total. The molecule has 0 spiro atoms. The van der Waals surface area contributed by atoms with Crippen molar-refractivity contribution in [3.63, 3.8) is 0 Å². The summed E-state index contributed by atoms with van der Waals surface area (Å²) in [6.07, 6.45) is 8.80. The van der Waals surface area contributed by atoms with Gasteiger partial charge in [0, 0.05) is 42.8 Å². The van der Waals surface area contributed by atoms with Gasteiger partial charge in [0.05, 0.1) is 17.1 Å². The van der Waals surface area contributed by atoms with Crippen molar-refractivity contribution < 1.29 is 4.79 Å². The van der Waals surface area contributed by atoms with Gasteiger partial charge in [-0.2, -0.15) is 5.10 Å². The Morgan fingerprint density at radius 2 is 1.83 bits per heavy atom. The molecule has 3 fully saturated rings. The minimum absolute atomic E-state index is 0. The van der Waals surface area contributed by atoms with E-state index in [9.17, 15) is 4.79 Å². The molecule has 1 amide bonds. The van der Waals surface area contributed by atoms with Gasteiger partial charge in [-0.05, 0) is 58.4 Å². The highest BCUT2D eigenvalue weighted by atomic mass is 35.5. The van der Waals surface area contributed by atoms with Crippen LogP contribution in [0.15, 0.2) is 12.3 Å². The first kappa shape index (κ1) is 22.3. The van der Waals surface area contributed by atoms with Gasteiger partial charge in [0.15, 0.2) is 5.65 Å². The lowest BCUT2D eigenvalue weighted by atomic mass is 9.97. The van der Waals surface area contributed by atoms with Crippen LogP contribution in [0.5, 0.6) is 0 Å². The molecule has 2 aromatic heterocycles. The Bertz CT molecular complexity index is 883. The number of piperidine rings is 1. The first-order chi connectivity index (χ1) is 13.0. The molecule has 3 aliphatic rings. The predicted molar refractivity (Wildman–Crippen MR) is 119 cm³/mol. The Morgan fingerprint density at radius 3 is 2.41 bits per heavy atom. The summed E-state index contributed by atoms with van der Waals surface area (Å²) in [5.74, 6) is 0.635. The van der Waals surface area contributed by atoms with Crippen LogP contribution in [0, 0.1) is 0 Å². The number of carbonyl (C=O) groups is 1. The Hall–Kier alpha value is -1.37. The molecule has 8 heteroatoms. The molecular weight excluding hydrogens is 409 g/mol. The summed E-state index contributed by atoms with van der Waals surface area (Å²) in [4.78, 5) is 20.4. The van der Waals surface area contributed by atoms with E-state index in [0.717, 1.165) is 35.1 Å². The third-order valence-corrected chi connectivity index (χ3v) is 6.62. The number of fused-ring (bicyclic) bond motifs is 3. The van der Waals surface area contributed by atoms with E-state index in [2.05, 4.69) is 24.3 Å². The van der Waals surface area contributed by atoms with E-state index in [1.165, 1.54) is 25.7 Å². The Labute approximate surface area is 184 Å². The molecule has 2 unspecified atom stereocenters. The fourth-order valence-electron chi connectivity index (χ4n) is 4.88. The average Bonchev–Trinajstić information content (AvgIpc) is 3.34. The third-order valence-electron chi connectivity index (χ3n) is 6.62. The minimum atomic E-state index is 0. The van der Waals surface area contributed by atoms with Crippen LogP contribution in [-0.4, -0.2) is 50.7 Å². The van der Waals surface area contributed by atoms with Gasteiger partial charge >= 0.3 is 0 Å². The maximum absolute atomic E-state index is 13.5. The molecule has 1 aliphatic carbocycles. The number of pyridine rings is 1. The SMILES string of the molecule is CC(C)n1ncc2c(C(=O)N(C)C3CC4CCC(C3)N4)cc(C3CC3)nc21.Cl.Cl. The summed E-state index contributed by atoms with van der Waals surface area (Å²) in [5.41, 5.74) is 2.70. The average molecular weight is 440 g/mol. The van der Waals surface area contributed by atoms with E-state index in [4.69, 9.17) is 4.98 Å². The zero-order chi connectivity index (χ0) is 18.7. The van der Waals surface area contributed by atoms with E-state index in [1.807, 2.05) is 28.9 Å². The summed E-state index contributed by atoms with van der Waals surface area (Å²) < 4.78 is 1.95. The Morgan fingerprint density at radius 1 is 1.17 bits per heavy atom. The second-order valence-electron chi connectivity index (χ2n) is 8.97. The van der Waals surface area contributed by atoms with Crippen molar-refractivity contribution in [2.24, 2.45) is 0 Å². The van der Waals surface area contributed by atoms with Crippen LogP contribution in [-0.2, 0) is 0 Å². The van der Waals surface area contributed by atoms with Crippen LogP contribution in [0.4, 0.5) is 0 Å². The first-order valence-electron chi connectivity index (χ1n) is 10.4. The van der Waals surface area contributed by atoms with E-state index in [-0.39, 0.29) is 36.8 Å². The highest BCUT2D eigenvalue weighted by Gasteiger charge is 2.37. The number of carbonyl (C=O) groups excluding carboxylic acids is 1. The Balaban J connectivity index is 0.00000120. The summed E-state index contributed by atoms with van der Waals surface area (Å²) >= 11 is 0. The van der Waals surface area contributed by atoms with Crippen LogP contribution < -0.4 is 5.32 Å². The van der Waals surface area contributed by atoms with Crippen LogP contribution >= 0.6 is 24.8 Å². The van der Waals surface area contributed by atoms with Crippen molar-refractivity contribution in [1.82, 2.24) is 25.0 Å². The standard InChI is InChI=1S/C21H29N5O.2ClH/c1-12(2)26-20-18(11-22-26)17(10-19(24-20)13-4-5-13)21(27)25(3)16-8-14-6-7-15(9-16)23-14;;/h10-16,23H,4-9H2,1-3H3;2*1H. The second kappa shape index (κ2) is 8.40. The summed E-state index contributed by atoms with van der Waals surface area (Å²) in [6, 6.07) is 3.74. The molecule has 0 aromatic carbocycles. The normalized spacial score (nSPS) is 25.6. The lowest BCUT2D eigenvalue weighted by Crippen LogP contribution is -2.48. The van der Waals surface area contributed by atoms with Gasteiger partial charge in [-0.3, -0.25) is 4.79 Å². The summed E-state index contributed by atoms with van der Waals surface area (Å²) in [6.45, 7) is 4.21. The quantitative estimate of drug-likeness (QED) is 0.778. The third kappa shape index (κ3) is 3.99. The molecular formula is C21H31Cl2N5O. The topological polar surface area (TPSA) is 63.1 Å².